The van der Waals surface area contributed by atoms with Crippen molar-refractivity contribution in [2.75, 3.05) is 5.73 Å². The van der Waals surface area contributed by atoms with Crippen LogP contribution in [0, 0.1) is 13.8 Å². The summed E-state index contributed by atoms with van der Waals surface area (Å²) in [5.74, 6) is -0.394. The summed E-state index contributed by atoms with van der Waals surface area (Å²) in [6, 6.07) is 12.0. The summed E-state index contributed by atoms with van der Waals surface area (Å²) < 4.78 is 72.8. The van der Waals surface area contributed by atoms with E-state index in [4.69, 9.17) is 5.73 Å². The summed E-state index contributed by atoms with van der Waals surface area (Å²) in [7, 11) is -4.60. The van der Waals surface area contributed by atoms with Crippen molar-refractivity contribution < 1.29 is 31.2 Å². The lowest BCUT2D eigenvalue weighted by Crippen LogP contribution is -2.06. The zero-order chi connectivity index (χ0) is 28.7. The van der Waals surface area contributed by atoms with E-state index in [0.29, 0.717) is 5.56 Å². The Morgan fingerprint density at radius 1 is 0.872 bits per heavy atom. The van der Waals surface area contributed by atoms with E-state index in [1.165, 1.54) is 49.4 Å². The number of thiol groups is 1. The van der Waals surface area contributed by atoms with E-state index in [2.05, 4.69) is 33.1 Å². The Morgan fingerprint density at radius 3 is 2.23 bits per heavy atom. The van der Waals surface area contributed by atoms with Gasteiger partial charge in [0, 0.05) is 15.7 Å². The fourth-order valence-corrected chi connectivity index (χ4v) is 4.73. The van der Waals surface area contributed by atoms with Crippen molar-refractivity contribution in [2.45, 2.75) is 29.8 Å². The number of rotatable bonds is 5. The molecule has 0 aliphatic rings. The van der Waals surface area contributed by atoms with Crippen LogP contribution in [-0.4, -0.2) is 18.1 Å². The largest absolute Gasteiger partial charge is 0.505 e. The van der Waals surface area contributed by atoms with Gasteiger partial charge in [-0.1, -0.05) is 12.1 Å². The average Bonchev–Trinajstić information content (AvgIpc) is 2.83. The quantitative estimate of drug-likeness (QED) is 0.0820. The maximum absolute atomic E-state index is 13.2. The number of benzene rings is 4. The summed E-state index contributed by atoms with van der Waals surface area (Å²) in [6.07, 6.45) is -4.57. The van der Waals surface area contributed by atoms with E-state index >= 15 is 0 Å². The third kappa shape index (κ3) is 5.87. The zero-order valence-electron chi connectivity index (χ0n) is 20.3. The summed E-state index contributed by atoms with van der Waals surface area (Å²) in [5.41, 5.74) is 5.67. The lowest BCUT2D eigenvalue weighted by Gasteiger charge is -2.11. The minimum Gasteiger partial charge on any atom is -0.505 e. The standard InChI is InChI=1S/C25H20F3N5O4S2/c1-12-3-8-19(21(9-12)39(35,36)37)31-32-22-16-11-20(38)23(24(34)15(16)6-7-18(22)29)33-30-14-5-4-13(2)17(10-14)25(26,27)28/h3-11,34,38H,29H2,1-2H3,(H,35,36,37). The van der Waals surface area contributed by atoms with Crippen molar-refractivity contribution in [2.24, 2.45) is 20.5 Å². The molecule has 0 radical (unpaired) electrons. The molecule has 0 heterocycles. The molecule has 4 rings (SSSR count). The smallest absolute Gasteiger partial charge is 0.416 e. The van der Waals surface area contributed by atoms with Crippen LogP contribution in [0.25, 0.3) is 10.8 Å². The molecule has 0 bridgehead atoms. The van der Waals surface area contributed by atoms with Crippen LogP contribution in [0.5, 0.6) is 5.75 Å². The molecule has 0 spiro atoms. The first-order valence-corrected chi connectivity index (χ1v) is 12.9. The topological polar surface area (TPSA) is 150 Å². The Kier molecular flexibility index (Phi) is 7.38. The number of fused-ring (bicyclic) bond motifs is 1. The predicted molar refractivity (Wildman–Crippen MR) is 143 cm³/mol. The van der Waals surface area contributed by atoms with Crippen LogP contribution in [-0.2, 0) is 16.3 Å². The average molecular weight is 576 g/mol. The fraction of sp³-hybridized carbons (Fsp3) is 0.120. The summed E-state index contributed by atoms with van der Waals surface area (Å²) >= 11 is 4.34. The lowest BCUT2D eigenvalue weighted by atomic mass is 10.1. The number of azo groups is 2. The van der Waals surface area contributed by atoms with Crippen LogP contribution in [0.1, 0.15) is 16.7 Å². The number of nitrogens with two attached hydrogens (primary N) is 1. The van der Waals surface area contributed by atoms with Gasteiger partial charge in [0.05, 0.1) is 16.9 Å². The molecule has 0 amide bonds. The van der Waals surface area contributed by atoms with Gasteiger partial charge in [-0.3, -0.25) is 4.55 Å². The highest BCUT2D eigenvalue weighted by atomic mass is 32.2. The summed E-state index contributed by atoms with van der Waals surface area (Å²) in [6.45, 7) is 2.96. The SMILES string of the molecule is Cc1ccc(N=Nc2c(N)ccc3c(O)c(N=Nc4ccc(C)c(C(F)(F)F)c4)c(S)cc23)c(S(=O)(=O)O)c1. The molecule has 0 unspecified atom stereocenters. The summed E-state index contributed by atoms with van der Waals surface area (Å²) in [5, 5.41) is 27.2. The van der Waals surface area contributed by atoms with Crippen molar-refractivity contribution in [1.29, 1.82) is 0 Å². The number of anilines is 1. The van der Waals surface area contributed by atoms with Gasteiger partial charge in [-0.25, -0.2) is 0 Å². The van der Waals surface area contributed by atoms with Crippen LogP contribution in [0.4, 0.5) is 41.6 Å². The molecular formula is C25H20F3N5O4S2. The third-order valence-corrected chi connectivity index (χ3v) is 6.92. The van der Waals surface area contributed by atoms with Crippen LogP contribution >= 0.6 is 12.6 Å². The number of aromatic hydroxyl groups is 1. The molecule has 0 atom stereocenters. The maximum atomic E-state index is 13.2. The highest BCUT2D eigenvalue weighted by molar-refractivity contribution is 7.86. The monoisotopic (exact) mass is 575 g/mol. The molecule has 14 heteroatoms. The Balaban J connectivity index is 1.79. The third-order valence-electron chi connectivity index (χ3n) is 5.69. The second-order valence-corrected chi connectivity index (χ2v) is 10.4. The van der Waals surface area contributed by atoms with Crippen molar-refractivity contribution >= 4 is 62.0 Å². The van der Waals surface area contributed by atoms with E-state index in [0.717, 1.165) is 6.07 Å². The summed E-state index contributed by atoms with van der Waals surface area (Å²) in [4.78, 5) is -0.349. The first-order valence-electron chi connectivity index (χ1n) is 11.0. The highest BCUT2D eigenvalue weighted by Crippen LogP contribution is 2.46. The number of aryl methyl sites for hydroxylation is 2. The number of hydrogen-bond acceptors (Lipinski definition) is 9. The molecule has 4 aromatic rings. The number of nitrogen functional groups attached to an aromatic ring is 1. The molecular weight excluding hydrogens is 555 g/mol. The number of phenolic OH excluding ortho intramolecular Hbond substituents is 1. The molecule has 0 saturated carbocycles. The molecule has 0 fully saturated rings. The molecule has 4 N–H and O–H groups in total. The Labute approximate surface area is 226 Å². The molecule has 4 aromatic carbocycles. The molecule has 202 valence electrons. The second-order valence-electron chi connectivity index (χ2n) is 8.53. The van der Waals surface area contributed by atoms with E-state index in [9.17, 15) is 31.2 Å². The van der Waals surface area contributed by atoms with E-state index in [1.54, 1.807) is 13.0 Å². The van der Waals surface area contributed by atoms with Crippen molar-refractivity contribution in [1.82, 2.24) is 0 Å². The molecule has 39 heavy (non-hydrogen) atoms. The maximum Gasteiger partial charge on any atom is 0.416 e. The van der Waals surface area contributed by atoms with Gasteiger partial charge in [0.1, 0.15) is 22.0 Å². The predicted octanol–water partition coefficient (Wildman–Crippen LogP) is 8.13. The minimum atomic E-state index is -4.60. The molecule has 0 aromatic heterocycles. The molecule has 0 saturated heterocycles. The lowest BCUT2D eigenvalue weighted by molar-refractivity contribution is -0.138. The number of nitrogens with zero attached hydrogens (tertiary/aromatic N) is 4. The Bertz CT molecular complexity index is 1790. The van der Waals surface area contributed by atoms with Gasteiger partial charge in [-0.05, 0) is 67.4 Å². The Hall–Kier alpha value is -4.01. The normalized spacial score (nSPS) is 12.7. The van der Waals surface area contributed by atoms with Crippen LogP contribution in [0.15, 0.2) is 84.8 Å². The van der Waals surface area contributed by atoms with Crippen molar-refractivity contribution in [3.05, 3.63) is 71.3 Å². The number of hydrogen-bond donors (Lipinski definition) is 4. The van der Waals surface area contributed by atoms with Gasteiger partial charge in [-0.2, -0.15) is 26.7 Å². The first-order chi connectivity index (χ1) is 18.2. The molecule has 0 aliphatic carbocycles. The highest BCUT2D eigenvalue weighted by Gasteiger charge is 2.32. The van der Waals surface area contributed by atoms with Gasteiger partial charge in [0.25, 0.3) is 10.1 Å². The van der Waals surface area contributed by atoms with Crippen LogP contribution in [0.2, 0.25) is 0 Å². The fourth-order valence-electron chi connectivity index (χ4n) is 3.74. The van der Waals surface area contributed by atoms with Crippen LogP contribution < -0.4 is 5.73 Å². The number of phenols is 1. The van der Waals surface area contributed by atoms with Gasteiger partial charge >= 0.3 is 6.18 Å². The van der Waals surface area contributed by atoms with E-state index in [-0.39, 0.29) is 49.7 Å². The van der Waals surface area contributed by atoms with Gasteiger partial charge in [-0.15, -0.1) is 28.0 Å². The molecule has 9 nitrogen and oxygen atoms in total. The number of halogens is 3. The zero-order valence-corrected chi connectivity index (χ0v) is 22.0. The van der Waals surface area contributed by atoms with Gasteiger partial charge in [0.2, 0.25) is 0 Å². The molecule has 0 aliphatic heterocycles. The van der Waals surface area contributed by atoms with E-state index in [1.807, 2.05) is 0 Å². The van der Waals surface area contributed by atoms with Crippen molar-refractivity contribution in [3.8, 4) is 5.75 Å². The van der Waals surface area contributed by atoms with Gasteiger partial charge < -0.3 is 10.8 Å². The van der Waals surface area contributed by atoms with Crippen LogP contribution in [0.3, 0.4) is 0 Å². The van der Waals surface area contributed by atoms with E-state index < -0.39 is 32.5 Å². The minimum absolute atomic E-state index is 0.0264. The van der Waals surface area contributed by atoms with Gasteiger partial charge in [0.15, 0.2) is 5.75 Å². The number of alkyl halides is 3. The Morgan fingerprint density at radius 2 is 1.56 bits per heavy atom. The first kappa shape index (κ1) is 28.0. The second kappa shape index (κ2) is 10.3. The van der Waals surface area contributed by atoms with Crippen molar-refractivity contribution in [3.63, 3.8) is 0 Å².